The van der Waals surface area contributed by atoms with E-state index in [9.17, 15) is 0 Å². The second-order valence-corrected chi connectivity index (χ2v) is 5.02. The predicted molar refractivity (Wildman–Crippen MR) is 76.7 cm³/mol. The first-order chi connectivity index (χ1) is 8.70. The SMILES string of the molecule is COc1ccc(CC(=S)N2CCOCC2)cc1Cl. The van der Waals surface area contributed by atoms with Crippen molar-refractivity contribution in [3.05, 3.63) is 28.8 Å². The molecule has 1 aromatic carbocycles. The van der Waals surface area contributed by atoms with Crippen molar-refractivity contribution >= 4 is 28.8 Å². The Bertz CT molecular complexity index is 433. The molecule has 0 N–H and O–H groups in total. The summed E-state index contributed by atoms with van der Waals surface area (Å²) in [6.45, 7) is 3.26. The smallest absolute Gasteiger partial charge is 0.137 e. The van der Waals surface area contributed by atoms with Gasteiger partial charge in [0.15, 0.2) is 0 Å². The van der Waals surface area contributed by atoms with E-state index in [0.29, 0.717) is 10.8 Å². The van der Waals surface area contributed by atoms with Crippen LogP contribution in [0.5, 0.6) is 5.75 Å². The summed E-state index contributed by atoms with van der Waals surface area (Å²) in [6, 6.07) is 5.78. The van der Waals surface area contributed by atoms with Gasteiger partial charge in [0.05, 0.1) is 30.3 Å². The molecule has 0 radical (unpaired) electrons. The molecule has 0 atom stereocenters. The lowest BCUT2D eigenvalue weighted by Crippen LogP contribution is -2.40. The van der Waals surface area contributed by atoms with Crippen molar-refractivity contribution in [3.63, 3.8) is 0 Å². The lowest BCUT2D eigenvalue weighted by atomic mass is 10.1. The number of hydrogen-bond acceptors (Lipinski definition) is 3. The highest BCUT2D eigenvalue weighted by molar-refractivity contribution is 7.80. The summed E-state index contributed by atoms with van der Waals surface area (Å²) in [6.07, 6.45) is 0.735. The van der Waals surface area contributed by atoms with Gasteiger partial charge in [-0.1, -0.05) is 29.9 Å². The van der Waals surface area contributed by atoms with E-state index in [1.807, 2.05) is 18.2 Å². The summed E-state index contributed by atoms with van der Waals surface area (Å²) in [5.74, 6) is 0.692. The summed E-state index contributed by atoms with van der Waals surface area (Å²) < 4.78 is 10.4. The van der Waals surface area contributed by atoms with E-state index in [1.54, 1.807) is 7.11 Å². The van der Waals surface area contributed by atoms with Crippen LogP contribution in [-0.4, -0.2) is 43.3 Å². The van der Waals surface area contributed by atoms with Crippen LogP contribution in [0.1, 0.15) is 5.56 Å². The molecule has 1 heterocycles. The van der Waals surface area contributed by atoms with E-state index >= 15 is 0 Å². The van der Waals surface area contributed by atoms with Crippen molar-refractivity contribution in [2.24, 2.45) is 0 Å². The van der Waals surface area contributed by atoms with Crippen LogP contribution in [0.25, 0.3) is 0 Å². The number of benzene rings is 1. The molecule has 0 saturated carbocycles. The van der Waals surface area contributed by atoms with Crippen LogP contribution < -0.4 is 4.74 Å². The number of halogens is 1. The van der Waals surface area contributed by atoms with Crippen molar-refractivity contribution in [1.29, 1.82) is 0 Å². The van der Waals surface area contributed by atoms with E-state index in [2.05, 4.69) is 4.90 Å². The molecular weight excluding hydrogens is 270 g/mol. The zero-order valence-corrected chi connectivity index (χ0v) is 11.9. The van der Waals surface area contributed by atoms with Crippen LogP contribution >= 0.6 is 23.8 Å². The fourth-order valence-electron chi connectivity index (χ4n) is 1.92. The molecule has 0 bridgehead atoms. The third-order valence-electron chi connectivity index (χ3n) is 2.94. The fourth-order valence-corrected chi connectivity index (χ4v) is 2.55. The topological polar surface area (TPSA) is 21.7 Å². The fraction of sp³-hybridized carbons (Fsp3) is 0.462. The average molecular weight is 286 g/mol. The molecule has 1 aromatic rings. The standard InChI is InChI=1S/C13H16ClNO2S/c1-16-12-3-2-10(8-11(12)14)9-13(18)15-4-6-17-7-5-15/h2-3,8H,4-7,9H2,1H3. The summed E-state index contributed by atoms with van der Waals surface area (Å²) in [5, 5.41) is 0.625. The van der Waals surface area contributed by atoms with Crippen LogP contribution in [-0.2, 0) is 11.2 Å². The predicted octanol–water partition coefficient (Wildman–Crippen LogP) is 2.55. The molecule has 98 valence electrons. The highest BCUT2D eigenvalue weighted by Gasteiger charge is 2.14. The Hall–Kier alpha value is -0.840. The van der Waals surface area contributed by atoms with Crippen LogP contribution in [0, 0.1) is 0 Å². The van der Waals surface area contributed by atoms with Crippen molar-refractivity contribution in [2.45, 2.75) is 6.42 Å². The second kappa shape index (κ2) is 6.36. The van der Waals surface area contributed by atoms with Gasteiger partial charge in [-0.3, -0.25) is 0 Å². The number of hydrogen-bond donors (Lipinski definition) is 0. The van der Waals surface area contributed by atoms with E-state index in [1.165, 1.54) is 0 Å². The zero-order valence-electron chi connectivity index (χ0n) is 10.3. The molecule has 2 rings (SSSR count). The molecule has 1 aliphatic heterocycles. The van der Waals surface area contributed by atoms with Gasteiger partial charge in [0.2, 0.25) is 0 Å². The van der Waals surface area contributed by atoms with Gasteiger partial charge in [-0.25, -0.2) is 0 Å². The Morgan fingerprint density at radius 3 is 2.78 bits per heavy atom. The minimum absolute atomic E-state index is 0.625. The van der Waals surface area contributed by atoms with Crippen LogP contribution in [0.3, 0.4) is 0 Å². The Morgan fingerprint density at radius 2 is 2.17 bits per heavy atom. The van der Waals surface area contributed by atoms with Gasteiger partial charge in [-0.05, 0) is 17.7 Å². The van der Waals surface area contributed by atoms with E-state index in [-0.39, 0.29) is 0 Å². The van der Waals surface area contributed by atoms with Gasteiger partial charge in [-0.2, -0.15) is 0 Å². The first-order valence-corrected chi connectivity index (χ1v) is 6.67. The molecule has 0 aromatic heterocycles. The second-order valence-electron chi connectivity index (χ2n) is 4.14. The maximum absolute atomic E-state index is 6.10. The van der Waals surface area contributed by atoms with Crippen molar-refractivity contribution in [2.75, 3.05) is 33.4 Å². The first kappa shape index (κ1) is 13.6. The number of thiocarbonyl (C=S) groups is 1. The summed E-state index contributed by atoms with van der Waals surface area (Å²) in [4.78, 5) is 3.14. The number of morpholine rings is 1. The quantitative estimate of drug-likeness (QED) is 0.796. The molecule has 0 spiro atoms. The van der Waals surface area contributed by atoms with Crippen molar-refractivity contribution < 1.29 is 9.47 Å². The Balaban J connectivity index is 2.00. The van der Waals surface area contributed by atoms with Crippen molar-refractivity contribution in [1.82, 2.24) is 4.90 Å². The van der Waals surface area contributed by atoms with Gasteiger partial charge in [-0.15, -0.1) is 0 Å². The summed E-state index contributed by atoms with van der Waals surface area (Å²) in [5.41, 5.74) is 1.11. The van der Waals surface area contributed by atoms with E-state index < -0.39 is 0 Å². The molecule has 0 unspecified atom stereocenters. The molecule has 0 amide bonds. The third-order valence-corrected chi connectivity index (χ3v) is 3.63. The number of ether oxygens (including phenoxy) is 2. The Morgan fingerprint density at radius 1 is 1.44 bits per heavy atom. The minimum Gasteiger partial charge on any atom is -0.495 e. The molecular formula is C13H16ClNO2S. The maximum atomic E-state index is 6.10. The largest absolute Gasteiger partial charge is 0.495 e. The lowest BCUT2D eigenvalue weighted by molar-refractivity contribution is 0.0685. The molecule has 18 heavy (non-hydrogen) atoms. The van der Waals surface area contributed by atoms with E-state index in [0.717, 1.165) is 43.3 Å². The molecule has 5 heteroatoms. The van der Waals surface area contributed by atoms with Crippen molar-refractivity contribution in [3.8, 4) is 5.75 Å². The molecule has 1 aliphatic rings. The summed E-state index contributed by atoms with van der Waals surface area (Å²) in [7, 11) is 1.61. The Labute approximate surface area is 118 Å². The first-order valence-electron chi connectivity index (χ1n) is 5.88. The van der Waals surface area contributed by atoms with Crippen LogP contribution in [0.4, 0.5) is 0 Å². The van der Waals surface area contributed by atoms with Gasteiger partial charge >= 0.3 is 0 Å². The monoisotopic (exact) mass is 285 g/mol. The van der Waals surface area contributed by atoms with Gasteiger partial charge in [0.25, 0.3) is 0 Å². The number of nitrogens with zero attached hydrogens (tertiary/aromatic N) is 1. The Kier molecular flexibility index (Phi) is 4.80. The van der Waals surface area contributed by atoms with E-state index in [4.69, 9.17) is 33.3 Å². The lowest BCUT2D eigenvalue weighted by Gasteiger charge is -2.29. The van der Waals surface area contributed by atoms with Gasteiger partial charge in [0.1, 0.15) is 5.75 Å². The van der Waals surface area contributed by atoms with Gasteiger partial charge < -0.3 is 14.4 Å². The number of methoxy groups -OCH3 is 1. The van der Waals surface area contributed by atoms with Gasteiger partial charge in [0, 0.05) is 19.5 Å². The highest BCUT2D eigenvalue weighted by atomic mass is 35.5. The normalized spacial score (nSPS) is 15.6. The number of rotatable bonds is 3. The minimum atomic E-state index is 0.625. The molecule has 1 saturated heterocycles. The average Bonchev–Trinajstić information content (AvgIpc) is 2.40. The molecule has 1 fully saturated rings. The molecule has 0 aliphatic carbocycles. The maximum Gasteiger partial charge on any atom is 0.137 e. The zero-order chi connectivity index (χ0) is 13.0. The van der Waals surface area contributed by atoms with Crippen LogP contribution in [0.2, 0.25) is 5.02 Å². The van der Waals surface area contributed by atoms with Crippen LogP contribution in [0.15, 0.2) is 18.2 Å². The molecule has 3 nitrogen and oxygen atoms in total. The summed E-state index contributed by atoms with van der Waals surface area (Å²) >= 11 is 11.6. The third kappa shape index (κ3) is 3.34. The highest BCUT2D eigenvalue weighted by Crippen LogP contribution is 2.25.